The van der Waals surface area contributed by atoms with Gasteiger partial charge in [-0.1, -0.05) is 18.6 Å². The molecule has 1 aliphatic carbocycles. The Balaban J connectivity index is 1.37. The molecular formula is C20H23FN4O2. The minimum Gasteiger partial charge on any atom is -0.298 e. The van der Waals surface area contributed by atoms with Crippen LogP contribution in [0.3, 0.4) is 0 Å². The quantitative estimate of drug-likeness (QED) is 0.767. The molecule has 0 spiro atoms. The summed E-state index contributed by atoms with van der Waals surface area (Å²) in [6.45, 7) is 3.58. The van der Waals surface area contributed by atoms with Crippen molar-refractivity contribution in [1.82, 2.24) is 19.2 Å². The van der Waals surface area contributed by atoms with E-state index in [1.165, 1.54) is 23.2 Å². The van der Waals surface area contributed by atoms with Gasteiger partial charge in [0.05, 0.1) is 0 Å². The third-order valence-electron chi connectivity index (χ3n) is 6.40. The molecular weight excluding hydrogens is 347 g/mol. The van der Waals surface area contributed by atoms with E-state index in [4.69, 9.17) is 0 Å². The largest absolute Gasteiger partial charge is 0.332 e. The summed E-state index contributed by atoms with van der Waals surface area (Å²) < 4.78 is 16.1. The third kappa shape index (κ3) is 2.94. The second-order valence-electron chi connectivity index (χ2n) is 8.25. The van der Waals surface area contributed by atoms with Crippen LogP contribution in [-0.2, 0) is 19.6 Å². The van der Waals surface area contributed by atoms with Crippen LogP contribution in [0.2, 0.25) is 0 Å². The Morgan fingerprint density at radius 1 is 1.04 bits per heavy atom. The Morgan fingerprint density at radius 3 is 2.52 bits per heavy atom. The maximum Gasteiger partial charge on any atom is 0.332 e. The molecule has 0 N–H and O–H groups in total. The molecule has 2 aromatic rings. The Hall–Kier alpha value is -2.28. The van der Waals surface area contributed by atoms with Crippen LogP contribution in [0.5, 0.6) is 0 Å². The van der Waals surface area contributed by atoms with Gasteiger partial charge in [-0.05, 0) is 36.5 Å². The molecule has 1 aromatic heterocycles. The van der Waals surface area contributed by atoms with Crippen LogP contribution in [0.15, 0.2) is 33.9 Å². The van der Waals surface area contributed by atoms with Gasteiger partial charge < -0.3 is 0 Å². The molecule has 3 aliphatic rings. The number of hydrogen-bond acceptors (Lipinski definition) is 4. The zero-order valence-corrected chi connectivity index (χ0v) is 15.2. The average Bonchev–Trinajstić information content (AvgIpc) is 3.15. The zero-order valence-electron chi connectivity index (χ0n) is 15.2. The van der Waals surface area contributed by atoms with Crippen molar-refractivity contribution < 1.29 is 4.39 Å². The molecule has 0 radical (unpaired) electrons. The Labute approximate surface area is 156 Å². The molecule has 7 heteroatoms. The molecule has 5 rings (SSSR count). The van der Waals surface area contributed by atoms with Crippen LogP contribution < -0.4 is 11.1 Å². The van der Waals surface area contributed by atoms with Gasteiger partial charge in [0.1, 0.15) is 11.6 Å². The minimum absolute atomic E-state index is 0.186. The summed E-state index contributed by atoms with van der Waals surface area (Å²) in [4.78, 5) is 27.3. The van der Waals surface area contributed by atoms with Gasteiger partial charge >= 0.3 is 11.1 Å². The molecule has 2 fully saturated rings. The van der Waals surface area contributed by atoms with E-state index in [0.717, 1.165) is 43.9 Å². The van der Waals surface area contributed by atoms with E-state index in [-0.39, 0.29) is 11.7 Å². The summed E-state index contributed by atoms with van der Waals surface area (Å²) in [6.07, 6.45) is 3.43. The monoisotopic (exact) mass is 370 g/mol. The van der Waals surface area contributed by atoms with Crippen LogP contribution >= 0.6 is 0 Å². The predicted octanol–water partition coefficient (Wildman–Crippen LogP) is 1.57. The van der Waals surface area contributed by atoms with Gasteiger partial charge in [0.15, 0.2) is 0 Å². The number of likely N-dealkylation sites (tertiary alicyclic amines) is 1. The molecule has 1 aromatic carbocycles. The second-order valence-corrected chi connectivity index (χ2v) is 8.25. The number of hydrogen-bond donors (Lipinski definition) is 0. The Morgan fingerprint density at radius 2 is 1.81 bits per heavy atom. The van der Waals surface area contributed by atoms with Crippen molar-refractivity contribution >= 4 is 0 Å². The van der Waals surface area contributed by atoms with Crippen LogP contribution in [0.1, 0.15) is 36.6 Å². The van der Waals surface area contributed by atoms with Crippen molar-refractivity contribution in [3.63, 3.8) is 0 Å². The number of aromatic nitrogens is 3. The van der Waals surface area contributed by atoms with E-state index in [2.05, 4.69) is 10.00 Å². The molecule has 27 heavy (non-hydrogen) atoms. The molecule has 6 nitrogen and oxygen atoms in total. The van der Waals surface area contributed by atoms with E-state index in [1.54, 1.807) is 4.57 Å². The molecule has 1 saturated heterocycles. The number of halogens is 1. The first kappa shape index (κ1) is 16.9. The molecule has 0 amide bonds. The summed E-state index contributed by atoms with van der Waals surface area (Å²) >= 11 is 0. The standard InChI is InChI=1S/C20H23FN4O2/c21-16-6-4-14(5-7-16)8-23-10-15-11-24-18(17(15)12-23)22-25(20(27)19(24)26)9-13-2-1-3-13/h4-7,13,15,17H,1-3,8-12H2/t15-,17+/m0/s1. The predicted molar refractivity (Wildman–Crippen MR) is 98.0 cm³/mol. The Bertz CT molecular complexity index is 977. The van der Waals surface area contributed by atoms with Crippen molar-refractivity contribution in [3.05, 3.63) is 62.2 Å². The minimum atomic E-state index is -0.478. The summed E-state index contributed by atoms with van der Waals surface area (Å²) in [5, 5.41) is 4.62. The summed E-state index contributed by atoms with van der Waals surface area (Å²) in [5.41, 5.74) is 0.185. The maximum absolute atomic E-state index is 13.1. The first-order chi connectivity index (χ1) is 13.1. The summed E-state index contributed by atoms with van der Waals surface area (Å²) in [7, 11) is 0. The highest BCUT2D eigenvalue weighted by Gasteiger charge is 2.42. The lowest BCUT2D eigenvalue weighted by Gasteiger charge is -2.25. The number of nitrogens with zero attached hydrogens (tertiary/aromatic N) is 4. The van der Waals surface area contributed by atoms with Crippen molar-refractivity contribution in [1.29, 1.82) is 0 Å². The van der Waals surface area contributed by atoms with Gasteiger partial charge in [-0.3, -0.25) is 19.1 Å². The average molecular weight is 370 g/mol. The van der Waals surface area contributed by atoms with Crippen molar-refractivity contribution in [3.8, 4) is 0 Å². The molecule has 2 aliphatic heterocycles. The lowest BCUT2D eigenvalue weighted by molar-refractivity contribution is 0.256. The summed E-state index contributed by atoms with van der Waals surface area (Å²) in [5.74, 6) is 1.52. The molecule has 142 valence electrons. The summed E-state index contributed by atoms with van der Waals surface area (Å²) in [6, 6.07) is 6.61. The van der Waals surface area contributed by atoms with E-state index >= 15 is 0 Å². The van der Waals surface area contributed by atoms with Gasteiger partial charge in [-0.25, -0.2) is 9.07 Å². The number of benzene rings is 1. The number of rotatable bonds is 4. The lowest BCUT2D eigenvalue weighted by atomic mass is 9.85. The van der Waals surface area contributed by atoms with Gasteiger partial charge in [0, 0.05) is 44.6 Å². The van der Waals surface area contributed by atoms with Gasteiger partial charge in [0.25, 0.3) is 0 Å². The maximum atomic E-state index is 13.1. The van der Waals surface area contributed by atoms with E-state index in [0.29, 0.717) is 24.9 Å². The smallest absolute Gasteiger partial charge is 0.298 e. The van der Waals surface area contributed by atoms with Crippen molar-refractivity contribution in [2.45, 2.75) is 44.8 Å². The van der Waals surface area contributed by atoms with E-state index in [1.807, 2.05) is 12.1 Å². The fourth-order valence-corrected chi connectivity index (χ4v) is 4.70. The zero-order chi connectivity index (χ0) is 18.5. The van der Waals surface area contributed by atoms with Crippen LogP contribution in [0.4, 0.5) is 4.39 Å². The Kier molecular flexibility index (Phi) is 4.00. The first-order valence-electron chi connectivity index (χ1n) is 9.77. The van der Waals surface area contributed by atoms with Gasteiger partial charge in [-0.2, -0.15) is 5.10 Å². The molecule has 0 unspecified atom stereocenters. The van der Waals surface area contributed by atoms with Crippen LogP contribution in [-0.4, -0.2) is 32.3 Å². The third-order valence-corrected chi connectivity index (χ3v) is 6.40. The topological polar surface area (TPSA) is 60.1 Å². The second kappa shape index (κ2) is 6.41. The van der Waals surface area contributed by atoms with Crippen molar-refractivity contribution in [2.24, 2.45) is 11.8 Å². The fourth-order valence-electron chi connectivity index (χ4n) is 4.70. The molecule has 1 saturated carbocycles. The highest BCUT2D eigenvalue weighted by molar-refractivity contribution is 5.18. The van der Waals surface area contributed by atoms with Crippen molar-refractivity contribution in [2.75, 3.05) is 13.1 Å². The molecule has 3 heterocycles. The SMILES string of the molecule is O=c1c(=O)n2c(nn1CC1CCC1)[C@@H]1CN(Cc3ccc(F)cc3)C[C@H]1C2. The normalized spacial score (nSPS) is 24.6. The molecule has 2 atom stereocenters. The first-order valence-corrected chi connectivity index (χ1v) is 9.77. The van der Waals surface area contributed by atoms with Gasteiger partial charge in [0.2, 0.25) is 0 Å². The van der Waals surface area contributed by atoms with Crippen LogP contribution in [0.25, 0.3) is 0 Å². The number of fused-ring (bicyclic) bond motifs is 3. The highest BCUT2D eigenvalue weighted by Crippen LogP contribution is 2.37. The fraction of sp³-hybridized carbons (Fsp3) is 0.550. The molecule has 0 bridgehead atoms. The lowest BCUT2D eigenvalue weighted by Crippen LogP contribution is -2.45. The highest BCUT2D eigenvalue weighted by atomic mass is 19.1. The van der Waals surface area contributed by atoms with Gasteiger partial charge in [-0.15, -0.1) is 0 Å². The van der Waals surface area contributed by atoms with Crippen LogP contribution in [0, 0.1) is 17.7 Å². The van der Waals surface area contributed by atoms with E-state index < -0.39 is 11.1 Å². The van der Waals surface area contributed by atoms with E-state index in [9.17, 15) is 14.0 Å².